The van der Waals surface area contributed by atoms with Gasteiger partial charge in [-0.2, -0.15) is 0 Å². The van der Waals surface area contributed by atoms with Crippen LogP contribution in [0.4, 0.5) is 0 Å². The molecule has 6 heteroatoms. The molecule has 23 heavy (non-hydrogen) atoms. The van der Waals surface area contributed by atoms with E-state index in [0.29, 0.717) is 0 Å². The molecular weight excluding hydrogens is 331 g/mol. The van der Waals surface area contributed by atoms with Crippen LogP contribution in [-0.4, -0.2) is 40.2 Å². The maximum atomic E-state index is 12.3. The average molecular weight is 371 g/mol. The Morgan fingerprint density at radius 1 is 0.696 bits per heavy atom. The van der Waals surface area contributed by atoms with Crippen molar-refractivity contribution in [1.29, 1.82) is 0 Å². The Kier molecular flexibility index (Phi) is 11.2. The van der Waals surface area contributed by atoms with Crippen LogP contribution in [0, 0.1) is 0 Å². The maximum absolute atomic E-state index is 12.3. The van der Waals surface area contributed by atoms with Crippen LogP contribution in [0.2, 0.25) is 0 Å². The molecule has 0 amide bonds. The minimum absolute atomic E-state index is 0.921. The van der Waals surface area contributed by atoms with Crippen LogP contribution >= 0.6 is 6.83 Å². The van der Waals surface area contributed by atoms with E-state index in [4.69, 9.17) is 8.15 Å². The molecule has 4 nitrogen and oxygen atoms in total. The number of hydrogen-bond acceptors (Lipinski definition) is 4. The quantitative estimate of drug-likeness (QED) is 0.354. The van der Waals surface area contributed by atoms with E-state index in [-0.39, 0.29) is 0 Å². The van der Waals surface area contributed by atoms with Crippen molar-refractivity contribution in [2.24, 2.45) is 0 Å². The van der Waals surface area contributed by atoms with Crippen molar-refractivity contribution in [2.45, 2.75) is 79.1 Å². The molecule has 0 aromatic rings. The van der Waals surface area contributed by atoms with Gasteiger partial charge in [0.05, 0.1) is 0 Å². The van der Waals surface area contributed by atoms with Crippen molar-refractivity contribution >= 4 is 17.2 Å². The zero-order chi connectivity index (χ0) is 17.8. The molecule has 0 radical (unpaired) electrons. The van der Waals surface area contributed by atoms with Gasteiger partial charge >= 0.3 is 145 Å². The first-order valence-corrected chi connectivity index (χ1v) is 13.6. The standard InChI is InChI=1S/C17H39O4PS/c1-6-10-14-22(15-11-7-2,16-12-8-3,17-13-9-4)21-23(18,19)20-5/h6-17H2,1-5H3. The summed E-state index contributed by atoms with van der Waals surface area (Å²) < 4.78 is 35.3. The molecule has 0 saturated heterocycles. The number of hydrogen-bond donors (Lipinski definition) is 0. The summed E-state index contributed by atoms with van der Waals surface area (Å²) in [6.45, 7) is 5.86. The van der Waals surface area contributed by atoms with Gasteiger partial charge in [-0.25, -0.2) is 0 Å². The van der Waals surface area contributed by atoms with Gasteiger partial charge in [-0.3, -0.25) is 0 Å². The Labute approximate surface area is 145 Å². The molecule has 0 aliphatic heterocycles. The second kappa shape index (κ2) is 11.0. The molecule has 0 bridgehead atoms. The molecule has 0 aromatic carbocycles. The summed E-state index contributed by atoms with van der Waals surface area (Å²) >= 11 is 0. The van der Waals surface area contributed by atoms with Crippen molar-refractivity contribution in [3.63, 3.8) is 0 Å². The summed E-state index contributed by atoms with van der Waals surface area (Å²) in [4.78, 5) is 0. The monoisotopic (exact) mass is 370 g/mol. The van der Waals surface area contributed by atoms with E-state index in [9.17, 15) is 8.42 Å². The Morgan fingerprint density at radius 3 is 1.22 bits per heavy atom. The molecule has 142 valence electrons. The fourth-order valence-corrected chi connectivity index (χ4v) is 12.6. The van der Waals surface area contributed by atoms with Gasteiger partial charge in [0, 0.05) is 0 Å². The first-order valence-electron chi connectivity index (χ1n) is 9.35. The number of unbranched alkanes of at least 4 members (excludes halogenated alkanes) is 4. The topological polar surface area (TPSA) is 52.6 Å². The summed E-state index contributed by atoms with van der Waals surface area (Å²) in [6, 6.07) is 0. The third-order valence-electron chi connectivity index (χ3n) is 4.82. The number of rotatable bonds is 15. The molecule has 0 aromatic heterocycles. The van der Waals surface area contributed by atoms with E-state index in [1.54, 1.807) is 0 Å². The van der Waals surface area contributed by atoms with Crippen molar-refractivity contribution < 1.29 is 16.6 Å². The Bertz CT molecular complexity index is 365. The molecule has 0 N–H and O–H groups in total. The Morgan fingerprint density at radius 2 is 1.00 bits per heavy atom. The third-order valence-corrected chi connectivity index (χ3v) is 13.4. The first kappa shape index (κ1) is 23.3. The summed E-state index contributed by atoms with van der Waals surface area (Å²) in [6.07, 6.45) is 12.1. The van der Waals surface area contributed by atoms with Gasteiger partial charge in [-0.15, -0.1) is 0 Å². The molecule has 0 saturated carbocycles. The minimum atomic E-state index is -3.90. The molecule has 0 heterocycles. The Hall–Kier alpha value is 0.300. The van der Waals surface area contributed by atoms with Crippen LogP contribution < -0.4 is 0 Å². The second-order valence-corrected chi connectivity index (χ2v) is 14.1. The van der Waals surface area contributed by atoms with Crippen molar-refractivity contribution in [3.05, 3.63) is 0 Å². The molecule has 0 unspecified atom stereocenters. The molecule has 0 spiro atoms. The van der Waals surface area contributed by atoms with Crippen molar-refractivity contribution in [2.75, 3.05) is 31.8 Å². The van der Waals surface area contributed by atoms with Crippen molar-refractivity contribution in [1.82, 2.24) is 0 Å². The van der Waals surface area contributed by atoms with Crippen molar-refractivity contribution in [3.8, 4) is 0 Å². The van der Waals surface area contributed by atoms with Crippen LogP contribution in [0.5, 0.6) is 0 Å². The summed E-state index contributed by atoms with van der Waals surface area (Å²) in [7, 11) is -2.69. The summed E-state index contributed by atoms with van der Waals surface area (Å²) in [5.41, 5.74) is 0. The van der Waals surface area contributed by atoms with E-state index in [2.05, 4.69) is 27.7 Å². The van der Waals surface area contributed by atoms with E-state index in [1.807, 2.05) is 0 Å². The van der Waals surface area contributed by atoms with Gasteiger partial charge in [-0.1, -0.05) is 0 Å². The van der Waals surface area contributed by atoms with Crippen LogP contribution in [0.25, 0.3) is 0 Å². The molecule has 0 aliphatic rings. The fraction of sp³-hybridized carbons (Fsp3) is 1.00. The zero-order valence-electron chi connectivity index (χ0n) is 16.0. The van der Waals surface area contributed by atoms with E-state index >= 15 is 0 Å². The predicted octanol–water partition coefficient (Wildman–Crippen LogP) is 5.56. The fourth-order valence-electron chi connectivity index (χ4n) is 3.34. The van der Waals surface area contributed by atoms with Crippen LogP contribution in [0.1, 0.15) is 79.1 Å². The average Bonchev–Trinajstić information content (AvgIpc) is 2.55. The van der Waals surface area contributed by atoms with E-state index < -0.39 is 17.2 Å². The van der Waals surface area contributed by atoms with E-state index in [0.717, 1.165) is 76.0 Å². The van der Waals surface area contributed by atoms with Crippen LogP contribution in [-0.2, 0) is 18.6 Å². The SMILES string of the molecule is CCCCP(CCCC)(CCCC)(CCCC)OS(=O)(=O)OC. The van der Waals surface area contributed by atoms with Crippen LogP contribution in [0.3, 0.4) is 0 Å². The predicted molar refractivity (Wildman–Crippen MR) is 103 cm³/mol. The van der Waals surface area contributed by atoms with Crippen LogP contribution in [0.15, 0.2) is 0 Å². The third kappa shape index (κ3) is 7.81. The summed E-state index contributed by atoms with van der Waals surface area (Å²) in [5.74, 6) is 0. The van der Waals surface area contributed by atoms with Gasteiger partial charge in [0.2, 0.25) is 0 Å². The van der Waals surface area contributed by atoms with Gasteiger partial charge in [-0.05, 0) is 0 Å². The molecule has 0 rings (SSSR count). The zero-order valence-corrected chi connectivity index (χ0v) is 17.7. The van der Waals surface area contributed by atoms with Gasteiger partial charge in [0.1, 0.15) is 0 Å². The summed E-state index contributed by atoms with van der Waals surface area (Å²) in [5, 5.41) is 0. The Balaban J connectivity index is 5.87. The second-order valence-electron chi connectivity index (χ2n) is 6.82. The first-order chi connectivity index (χ1) is 10.8. The molecule has 0 fully saturated rings. The van der Waals surface area contributed by atoms with E-state index in [1.165, 1.54) is 7.11 Å². The molecular formula is C17H39O4PS. The molecule has 0 aliphatic carbocycles. The molecule has 0 atom stereocenters. The van der Waals surface area contributed by atoms with Gasteiger partial charge in [0.15, 0.2) is 0 Å². The van der Waals surface area contributed by atoms with Gasteiger partial charge in [0.25, 0.3) is 0 Å². The normalized spacial score (nSPS) is 14.6. The van der Waals surface area contributed by atoms with Gasteiger partial charge < -0.3 is 0 Å².